The maximum absolute atomic E-state index is 12.4. The number of carbonyl (C=O) groups excluding carboxylic acids is 1. The van der Waals surface area contributed by atoms with Crippen LogP contribution in [-0.4, -0.2) is 65.1 Å². The van der Waals surface area contributed by atoms with Gasteiger partial charge in [-0.05, 0) is 48.7 Å². The number of benzene rings is 1. The van der Waals surface area contributed by atoms with Gasteiger partial charge in [-0.1, -0.05) is 6.07 Å². The summed E-state index contributed by atoms with van der Waals surface area (Å²) in [5.74, 6) is 1.23. The molecule has 2 aliphatic rings. The van der Waals surface area contributed by atoms with Crippen molar-refractivity contribution < 1.29 is 28.9 Å². The molecule has 2 aromatic heterocycles. The summed E-state index contributed by atoms with van der Waals surface area (Å²) in [4.78, 5) is 21.4. The largest absolute Gasteiger partial charge is 0.454 e. The van der Waals surface area contributed by atoms with Crippen LogP contribution in [0.1, 0.15) is 34.5 Å². The molecule has 2 N–H and O–H groups in total. The third-order valence-electron chi connectivity index (χ3n) is 6.05. The summed E-state index contributed by atoms with van der Waals surface area (Å²) in [6.07, 6.45) is 4.38. The highest BCUT2D eigenvalue weighted by Crippen LogP contribution is 2.33. The zero-order valence-corrected chi connectivity index (χ0v) is 20.7. The van der Waals surface area contributed by atoms with Crippen molar-refractivity contribution in [2.24, 2.45) is 0 Å². The second-order valence-electron chi connectivity index (χ2n) is 8.66. The van der Waals surface area contributed by atoms with Crippen LogP contribution in [0, 0.1) is 0 Å². The maximum Gasteiger partial charge on any atom is 0.285 e. The second-order valence-corrected chi connectivity index (χ2v) is 9.74. The highest BCUT2D eigenvalue weighted by Gasteiger charge is 2.18. The molecule has 1 aromatic carbocycles. The van der Waals surface area contributed by atoms with E-state index < -0.39 is 0 Å². The first-order valence-electron chi connectivity index (χ1n) is 12.1. The summed E-state index contributed by atoms with van der Waals surface area (Å²) in [6, 6.07) is 11.5. The van der Waals surface area contributed by atoms with Gasteiger partial charge in [0.1, 0.15) is 5.69 Å². The van der Waals surface area contributed by atoms with Crippen molar-refractivity contribution in [1.82, 2.24) is 20.2 Å². The van der Waals surface area contributed by atoms with E-state index in [1.165, 1.54) is 11.3 Å². The Bertz CT molecular complexity index is 1160. The molecule has 3 aromatic rings. The van der Waals surface area contributed by atoms with Gasteiger partial charge < -0.3 is 19.3 Å². The number of aromatic nitrogens is 2. The van der Waals surface area contributed by atoms with Crippen LogP contribution >= 0.6 is 11.3 Å². The highest BCUT2D eigenvalue weighted by atomic mass is 32.1. The van der Waals surface area contributed by atoms with E-state index in [1.807, 2.05) is 41.2 Å². The SMILES string of the molecule is O=C(NOC1CCCCO1)c1ccc(-c2ccn(CCN(CCO)Cc3ccc4c(c3)OCO4)n2)s1. The summed E-state index contributed by atoms with van der Waals surface area (Å²) in [5, 5.41) is 14.2. The number of fused-ring (bicyclic) bond motifs is 1. The fraction of sp³-hybridized carbons (Fsp3) is 0.440. The van der Waals surface area contributed by atoms with Crippen molar-refractivity contribution in [2.45, 2.75) is 38.6 Å². The third kappa shape index (κ3) is 6.23. The third-order valence-corrected chi connectivity index (χ3v) is 7.16. The quantitative estimate of drug-likeness (QED) is 0.376. The van der Waals surface area contributed by atoms with E-state index in [2.05, 4.69) is 15.5 Å². The Morgan fingerprint density at radius 3 is 2.97 bits per heavy atom. The van der Waals surface area contributed by atoms with Gasteiger partial charge in [-0.2, -0.15) is 5.10 Å². The van der Waals surface area contributed by atoms with E-state index in [4.69, 9.17) is 19.0 Å². The fourth-order valence-corrected chi connectivity index (χ4v) is 5.00. The van der Waals surface area contributed by atoms with Crippen molar-refractivity contribution in [3.63, 3.8) is 0 Å². The Balaban J connectivity index is 1.14. The topological polar surface area (TPSA) is 107 Å². The summed E-state index contributed by atoms with van der Waals surface area (Å²) in [7, 11) is 0. The monoisotopic (exact) mass is 514 g/mol. The van der Waals surface area contributed by atoms with Crippen molar-refractivity contribution in [2.75, 3.05) is 33.1 Å². The van der Waals surface area contributed by atoms with E-state index in [0.717, 1.165) is 53.4 Å². The molecule has 0 aliphatic carbocycles. The molecule has 0 bridgehead atoms. The lowest BCUT2D eigenvalue weighted by Crippen LogP contribution is -2.32. The molecule has 11 heteroatoms. The molecule has 1 fully saturated rings. The number of ether oxygens (including phenoxy) is 3. The summed E-state index contributed by atoms with van der Waals surface area (Å²) >= 11 is 1.36. The van der Waals surface area contributed by atoms with Crippen LogP contribution in [0.2, 0.25) is 0 Å². The summed E-state index contributed by atoms with van der Waals surface area (Å²) in [6.45, 7) is 3.60. The molecule has 36 heavy (non-hydrogen) atoms. The van der Waals surface area contributed by atoms with Gasteiger partial charge in [0.25, 0.3) is 5.91 Å². The van der Waals surface area contributed by atoms with Gasteiger partial charge in [0.2, 0.25) is 6.79 Å². The number of amides is 1. The van der Waals surface area contributed by atoms with Crippen molar-refractivity contribution in [3.8, 4) is 22.1 Å². The fourth-order valence-electron chi connectivity index (χ4n) is 4.14. The number of aliphatic hydroxyl groups excluding tert-OH is 1. The summed E-state index contributed by atoms with van der Waals surface area (Å²) < 4.78 is 18.2. The highest BCUT2D eigenvalue weighted by molar-refractivity contribution is 7.17. The minimum atomic E-state index is -0.381. The van der Waals surface area contributed by atoms with Gasteiger partial charge in [-0.15, -0.1) is 11.3 Å². The van der Waals surface area contributed by atoms with E-state index in [1.54, 1.807) is 6.07 Å². The van der Waals surface area contributed by atoms with Crippen LogP contribution < -0.4 is 15.0 Å². The number of rotatable bonds is 11. The molecule has 1 amide bonds. The molecule has 1 saturated heterocycles. The first-order valence-corrected chi connectivity index (χ1v) is 12.9. The standard InChI is InChI=1S/C25H30N4O6S/c30-13-12-28(16-18-4-5-20-21(15-18)34-17-33-20)10-11-29-9-8-19(26-29)22-6-7-23(36-22)25(31)27-35-24-3-1-2-14-32-24/h4-9,15,24,30H,1-3,10-14,16-17H2,(H,27,31). The second kappa shape index (κ2) is 11.8. The lowest BCUT2D eigenvalue weighted by molar-refractivity contribution is -0.186. The number of hydrogen-bond donors (Lipinski definition) is 2. The van der Waals surface area contributed by atoms with Gasteiger partial charge in [0.05, 0.1) is 22.9 Å². The number of thiophene rings is 1. The maximum atomic E-state index is 12.4. The van der Waals surface area contributed by atoms with E-state index >= 15 is 0 Å². The Morgan fingerprint density at radius 2 is 2.11 bits per heavy atom. The smallest absolute Gasteiger partial charge is 0.285 e. The van der Waals surface area contributed by atoms with Crippen molar-refractivity contribution >= 4 is 17.2 Å². The molecule has 0 radical (unpaired) electrons. The van der Waals surface area contributed by atoms with Crippen LogP contribution in [0.25, 0.3) is 10.6 Å². The Hall–Kier alpha value is -2.96. The Kier molecular flexibility index (Phi) is 8.14. The van der Waals surface area contributed by atoms with E-state index in [9.17, 15) is 9.90 Å². The number of nitrogens with zero attached hydrogens (tertiary/aromatic N) is 3. The van der Waals surface area contributed by atoms with Crippen molar-refractivity contribution in [3.05, 3.63) is 53.0 Å². The molecule has 192 valence electrons. The van der Waals surface area contributed by atoms with Crippen LogP contribution in [0.3, 0.4) is 0 Å². The molecule has 4 heterocycles. The average Bonchev–Trinajstić information content (AvgIpc) is 3.67. The van der Waals surface area contributed by atoms with Gasteiger partial charge in [0, 0.05) is 38.9 Å². The number of aliphatic hydroxyl groups is 1. The predicted molar refractivity (Wildman–Crippen MR) is 133 cm³/mol. The molecule has 1 atom stereocenters. The molecule has 10 nitrogen and oxygen atoms in total. The van der Waals surface area contributed by atoms with Gasteiger partial charge >= 0.3 is 0 Å². The van der Waals surface area contributed by atoms with Gasteiger partial charge in [0.15, 0.2) is 17.8 Å². The van der Waals surface area contributed by atoms with Gasteiger partial charge in [-0.25, -0.2) is 10.3 Å². The number of nitrogens with one attached hydrogen (secondary N) is 1. The van der Waals surface area contributed by atoms with Crippen LogP contribution in [-0.2, 0) is 22.7 Å². The lowest BCUT2D eigenvalue weighted by atomic mass is 10.2. The minimum Gasteiger partial charge on any atom is -0.454 e. The van der Waals surface area contributed by atoms with E-state index in [-0.39, 0.29) is 25.6 Å². The molecule has 2 aliphatic heterocycles. The average molecular weight is 515 g/mol. The van der Waals surface area contributed by atoms with E-state index in [0.29, 0.717) is 31.1 Å². The van der Waals surface area contributed by atoms with Crippen LogP contribution in [0.15, 0.2) is 42.6 Å². The molecule has 5 rings (SSSR count). The van der Waals surface area contributed by atoms with Gasteiger partial charge in [-0.3, -0.25) is 14.4 Å². The van der Waals surface area contributed by atoms with Crippen LogP contribution in [0.5, 0.6) is 11.5 Å². The molecular formula is C25H30N4O6S. The molecular weight excluding hydrogens is 484 g/mol. The Morgan fingerprint density at radius 1 is 1.19 bits per heavy atom. The number of hydrogen-bond acceptors (Lipinski definition) is 9. The lowest BCUT2D eigenvalue weighted by Gasteiger charge is -2.21. The van der Waals surface area contributed by atoms with Crippen molar-refractivity contribution in [1.29, 1.82) is 0 Å². The number of carbonyl (C=O) groups is 1. The molecule has 1 unspecified atom stereocenters. The predicted octanol–water partition coefficient (Wildman–Crippen LogP) is 3.02. The first-order chi connectivity index (χ1) is 17.7. The number of hydroxylamine groups is 1. The molecule has 0 saturated carbocycles. The zero-order valence-electron chi connectivity index (χ0n) is 19.9. The molecule has 0 spiro atoms. The Labute approximate surface area is 213 Å². The first kappa shape index (κ1) is 24.7. The minimum absolute atomic E-state index is 0.0749. The zero-order chi connectivity index (χ0) is 24.7. The van der Waals surface area contributed by atoms with Crippen LogP contribution in [0.4, 0.5) is 0 Å². The normalized spacial score (nSPS) is 17.0. The summed E-state index contributed by atoms with van der Waals surface area (Å²) in [5.41, 5.74) is 4.40.